The molecular formula is C21H24N2O3. The third kappa shape index (κ3) is 3.12. The van der Waals surface area contributed by atoms with Crippen LogP contribution in [0.3, 0.4) is 0 Å². The first-order valence-electron chi connectivity index (χ1n) is 8.94. The zero-order chi connectivity index (χ0) is 19.1. The van der Waals surface area contributed by atoms with E-state index in [0.717, 1.165) is 23.4 Å². The van der Waals surface area contributed by atoms with E-state index in [-0.39, 0.29) is 22.9 Å². The first-order chi connectivity index (χ1) is 12.3. The van der Waals surface area contributed by atoms with Gasteiger partial charge >= 0.3 is 0 Å². The Hall–Kier alpha value is -2.61. The van der Waals surface area contributed by atoms with E-state index in [1.54, 1.807) is 18.2 Å². The highest BCUT2D eigenvalue weighted by Gasteiger charge is 2.43. The summed E-state index contributed by atoms with van der Waals surface area (Å²) in [5, 5.41) is 19.8. The molecule has 2 atom stereocenters. The number of carbonyl (C=O) groups excluding carboxylic acids is 1. The van der Waals surface area contributed by atoms with E-state index < -0.39 is 5.92 Å². The highest BCUT2D eigenvalue weighted by atomic mass is 16.5. The number of rotatable bonds is 3. The maximum Gasteiger partial charge on any atom is 0.161 e. The third-order valence-corrected chi connectivity index (χ3v) is 5.08. The molecule has 0 amide bonds. The molecule has 1 aliphatic carbocycles. The number of allylic oxidation sites excluding steroid dienone is 2. The van der Waals surface area contributed by atoms with E-state index in [9.17, 15) is 15.2 Å². The summed E-state index contributed by atoms with van der Waals surface area (Å²) in [6, 6.07) is 7.39. The predicted molar refractivity (Wildman–Crippen MR) is 99.3 cm³/mol. The summed E-state index contributed by atoms with van der Waals surface area (Å²) in [5.74, 6) is -0.402. The van der Waals surface area contributed by atoms with E-state index in [1.165, 1.54) is 0 Å². The monoisotopic (exact) mass is 352 g/mol. The number of phenolic OH excluding ortho intramolecular Hbond substituents is 1. The minimum atomic E-state index is -0.502. The van der Waals surface area contributed by atoms with Crippen LogP contribution in [0.4, 0.5) is 0 Å². The topological polar surface area (TPSA) is 82.7 Å². The van der Waals surface area contributed by atoms with Crippen LogP contribution >= 0.6 is 0 Å². The summed E-state index contributed by atoms with van der Waals surface area (Å²) in [6.45, 7) is 8.25. The standard InChI is InChI=1S/C21H24N2O3/c1-5-26-18-8-13(6-7-16(18)24)19-14(11-22)12(2)23-15-9-21(3,4)10-17(25)20(15)19/h6-8,14,19,24H,5,9-10H2,1-4H3/t14?,19-/m0/s1. The van der Waals surface area contributed by atoms with Crippen molar-refractivity contribution < 1.29 is 14.6 Å². The number of aromatic hydroxyl groups is 1. The molecule has 5 nitrogen and oxygen atoms in total. The van der Waals surface area contributed by atoms with Crippen LogP contribution < -0.4 is 4.74 Å². The van der Waals surface area contributed by atoms with Crippen molar-refractivity contribution in [3.05, 3.63) is 35.0 Å². The molecule has 1 unspecified atom stereocenters. The Morgan fingerprint density at radius 2 is 2.12 bits per heavy atom. The maximum atomic E-state index is 13.0. The van der Waals surface area contributed by atoms with E-state index >= 15 is 0 Å². The molecular weight excluding hydrogens is 328 g/mol. The van der Waals surface area contributed by atoms with Crippen LogP contribution in [-0.4, -0.2) is 23.2 Å². The molecule has 0 saturated heterocycles. The lowest BCUT2D eigenvalue weighted by molar-refractivity contribution is -0.118. The van der Waals surface area contributed by atoms with Crippen molar-refractivity contribution in [2.45, 2.75) is 46.5 Å². The van der Waals surface area contributed by atoms with E-state index in [2.05, 4.69) is 24.9 Å². The second-order valence-electron chi connectivity index (χ2n) is 7.80. The summed E-state index contributed by atoms with van der Waals surface area (Å²) in [6.07, 6.45) is 1.17. The zero-order valence-corrected chi connectivity index (χ0v) is 15.7. The van der Waals surface area contributed by atoms with Crippen molar-refractivity contribution in [3.63, 3.8) is 0 Å². The van der Waals surface area contributed by atoms with Crippen LogP contribution in [0.1, 0.15) is 52.0 Å². The molecule has 0 saturated carbocycles. The van der Waals surface area contributed by atoms with Crippen LogP contribution in [0.2, 0.25) is 0 Å². The fraction of sp³-hybridized carbons (Fsp3) is 0.476. The van der Waals surface area contributed by atoms with Crippen molar-refractivity contribution in [1.82, 2.24) is 0 Å². The number of nitrogens with zero attached hydrogens (tertiary/aromatic N) is 2. The molecule has 0 aromatic heterocycles. The van der Waals surface area contributed by atoms with Gasteiger partial charge < -0.3 is 9.84 Å². The van der Waals surface area contributed by atoms with Gasteiger partial charge in [-0.25, -0.2) is 0 Å². The van der Waals surface area contributed by atoms with Gasteiger partial charge in [0.2, 0.25) is 0 Å². The minimum Gasteiger partial charge on any atom is -0.504 e. The predicted octanol–water partition coefficient (Wildman–Crippen LogP) is 4.13. The molecule has 0 spiro atoms. The van der Waals surface area contributed by atoms with Crippen molar-refractivity contribution in [2.75, 3.05) is 6.61 Å². The number of carbonyl (C=O) groups is 1. The SMILES string of the molecule is CCOc1cc([C@@H]2C3=C(CC(C)(C)CC3=O)N=C(C)C2C#N)ccc1O. The van der Waals surface area contributed by atoms with Crippen LogP contribution in [-0.2, 0) is 4.79 Å². The summed E-state index contributed by atoms with van der Waals surface area (Å²) in [7, 11) is 0. The van der Waals surface area contributed by atoms with Gasteiger partial charge in [0.1, 0.15) is 0 Å². The molecule has 0 bridgehead atoms. The van der Waals surface area contributed by atoms with Gasteiger partial charge in [-0.1, -0.05) is 19.9 Å². The van der Waals surface area contributed by atoms with Gasteiger partial charge in [0.05, 0.1) is 18.6 Å². The fourth-order valence-electron chi connectivity index (χ4n) is 3.97. The molecule has 5 heteroatoms. The maximum absolute atomic E-state index is 13.0. The van der Waals surface area contributed by atoms with Crippen LogP contribution in [0.25, 0.3) is 0 Å². The molecule has 1 aliphatic heterocycles. The Kier molecular flexibility index (Phi) is 4.62. The summed E-state index contributed by atoms with van der Waals surface area (Å²) in [5.41, 5.74) is 2.84. The van der Waals surface area contributed by atoms with Gasteiger partial charge in [-0.2, -0.15) is 5.26 Å². The van der Waals surface area contributed by atoms with Crippen LogP contribution in [0.5, 0.6) is 11.5 Å². The quantitative estimate of drug-likeness (QED) is 0.886. The Balaban J connectivity index is 2.16. The van der Waals surface area contributed by atoms with Crippen molar-refractivity contribution >= 4 is 11.5 Å². The van der Waals surface area contributed by atoms with Gasteiger partial charge in [0.25, 0.3) is 0 Å². The Morgan fingerprint density at radius 1 is 1.38 bits per heavy atom. The number of nitriles is 1. The van der Waals surface area contributed by atoms with Crippen molar-refractivity contribution in [1.29, 1.82) is 5.26 Å². The van der Waals surface area contributed by atoms with Gasteiger partial charge in [-0.05, 0) is 43.4 Å². The van der Waals surface area contributed by atoms with E-state index in [4.69, 9.17) is 4.74 Å². The highest BCUT2D eigenvalue weighted by molar-refractivity contribution is 6.03. The number of phenols is 1. The number of ether oxygens (including phenoxy) is 1. The van der Waals surface area contributed by atoms with Crippen molar-refractivity contribution in [2.24, 2.45) is 16.3 Å². The van der Waals surface area contributed by atoms with Crippen LogP contribution in [0, 0.1) is 22.7 Å². The lowest BCUT2D eigenvalue weighted by atomic mass is 9.67. The van der Waals surface area contributed by atoms with Gasteiger partial charge in [0, 0.05) is 29.3 Å². The van der Waals surface area contributed by atoms with E-state index in [0.29, 0.717) is 24.4 Å². The lowest BCUT2D eigenvalue weighted by Gasteiger charge is -2.38. The number of hydrogen-bond donors (Lipinski definition) is 1. The van der Waals surface area contributed by atoms with Gasteiger partial charge in [-0.3, -0.25) is 9.79 Å². The normalized spacial score (nSPS) is 24.6. The van der Waals surface area contributed by atoms with Gasteiger partial charge in [0.15, 0.2) is 17.3 Å². The highest BCUT2D eigenvalue weighted by Crippen LogP contribution is 2.48. The first-order valence-corrected chi connectivity index (χ1v) is 8.94. The second-order valence-corrected chi connectivity index (χ2v) is 7.80. The summed E-state index contributed by atoms with van der Waals surface area (Å²) in [4.78, 5) is 17.6. The smallest absolute Gasteiger partial charge is 0.161 e. The average Bonchev–Trinajstić information content (AvgIpc) is 2.54. The van der Waals surface area contributed by atoms with Crippen molar-refractivity contribution in [3.8, 4) is 17.6 Å². The molecule has 0 radical (unpaired) electrons. The van der Waals surface area contributed by atoms with Crippen LogP contribution in [0.15, 0.2) is 34.5 Å². The Labute approximate surface area is 154 Å². The zero-order valence-electron chi connectivity index (χ0n) is 15.7. The molecule has 0 fully saturated rings. The number of Topliss-reactive ketones (excluding diaryl/α,β-unsaturated/α-hetero) is 1. The Bertz CT molecular complexity index is 858. The van der Waals surface area contributed by atoms with Gasteiger partial charge in [-0.15, -0.1) is 0 Å². The Morgan fingerprint density at radius 3 is 2.77 bits per heavy atom. The number of aliphatic imine (C=N–C) groups is 1. The molecule has 3 rings (SSSR count). The number of ketones is 1. The molecule has 1 aromatic carbocycles. The molecule has 1 aromatic rings. The molecule has 1 N–H and O–H groups in total. The van der Waals surface area contributed by atoms with E-state index in [1.807, 2.05) is 13.8 Å². The molecule has 136 valence electrons. The second kappa shape index (κ2) is 6.60. The number of benzene rings is 1. The molecule has 2 aliphatic rings. The molecule has 1 heterocycles. The largest absolute Gasteiger partial charge is 0.504 e. The summed E-state index contributed by atoms with van der Waals surface area (Å²) < 4.78 is 5.50. The third-order valence-electron chi connectivity index (χ3n) is 5.08. The fourth-order valence-corrected chi connectivity index (χ4v) is 3.97. The summed E-state index contributed by atoms with van der Waals surface area (Å²) >= 11 is 0. The lowest BCUT2D eigenvalue weighted by Crippen LogP contribution is -2.35. The first kappa shape index (κ1) is 18.2. The average molecular weight is 352 g/mol. The minimum absolute atomic E-state index is 0.0515. The molecule has 26 heavy (non-hydrogen) atoms. The number of hydrogen-bond acceptors (Lipinski definition) is 5.